The van der Waals surface area contributed by atoms with E-state index in [1.165, 1.54) is 12.8 Å². The van der Waals surface area contributed by atoms with E-state index < -0.39 is 0 Å². The smallest absolute Gasteiger partial charge is 0.254 e. The number of fused-ring (bicyclic) bond motifs is 4. The van der Waals surface area contributed by atoms with E-state index in [1.807, 2.05) is 41.3 Å². The zero-order valence-electron chi connectivity index (χ0n) is 26.6. The fourth-order valence-electron chi connectivity index (χ4n) is 7.51. The summed E-state index contributed by atoms with van der Waals surface area (Å²) in [6.45, 7) is 4.81. The van der Waals surface area contributed by atoms with Crippen LogP contribution < -0.4 is 15.8 Å². The van der Waals surface area contributed by atoms with Crippen LogP contribution in [-0.4, -0.2) is 70.7 Å². The fraction of sp³-hybridized carbons (Fsp3) is 0.441. The highest BCUT2D eigenvalue weighted by Gasteiger charge is 2.47. The second kappa shape index (κ2) is 10.7. The predicted molar refractivity (Wildman–Crippen MR) is 173 cm³/mol. The molecule has 4 atom stereocenters. The molecule has 1 saturated carbocycles. The summed E-state index contributed by atoms with van der Waals surface area (Å²) in [7, 11) is 3.41. The first-order valence-corrected chi connectivity index (χ1v) is 16.2. The van der Waals surface area contributed by atoms with Gasteiger partial charge >= 0.3 is 0 Å². The highest BCUT2D eigenvalue weighted by atomic mass is 16.5. The number of nitrogens with one attached hydrogen (secondary N) is 1. The Morgan fingerprint density at radius 1 is 1.11 bits per heavy atom. The molecule has 3 aliphatic rings. The summed E-state index contributed by atoms with van der Waals surface area (Å²) in [6.07, 6.45) is 8.45. The maximum Gasteiger partial charge on any atom is 0.254 e. The van der Waals surface area contributed by atoms with E-state index in [0.717, 1.165) is 59.6 Å². The number of rotatable bonds is 8. The molecule has 2 saturated heterocycles. The van der Waals surface area contributed by atoms with E-state index in [-0.39, 0.29) is 36.0 Å². The Labute approximate surface area is 266 Å². The fourth-order valence-corrected chi connectivity index (χ4v) is 7.51. The standard InChI is InChI=1S/C34H39N9O3/c1-18(37-33(44)23-15-36-40(3)17-23)26-9-7-21-11-28(41(32(21)38-26)16-20-5-6-20)31-19(2)42-29(39-31)12-22(13-30(42)46-4)34(45)43-24-8-10-27(43)25(35)14-24/h7,9,11-13,15,17-18,20,24-25,27H,5-6,8,10,14,16,35H2,1-4H3,(H,37,44)/t18-,24+,25-,27-/m1/s1. The average Bonchev–Trinajstić information content (AvgIpc) is 3.36. The summed E-state index contributed by atoms with van der Waals surface area (Å²) in [5.74, 6) is 0.953. The Morgan fingerprint density at radius 2 is 1.93 bits per heavy atom. The van der Waals surface area contributed by atoms with Gasteiger partial charge in [-0.25, -0.2) is 9.97 Å². The van der Waals surface area contributed by atoms with Crippen LogP contribution in [-0.2, 0) is 13.6 Å². The second-order valence-electron chi connectivity index (χ2n) is 13.3. The lowest BCUT2D eigenvalue weighted by Crippen LogP contribution is -2.40. The van der Waals surface area contributed by atoms with Crippen LogP contribution in [0.2, 0.25) is 0 Å². The third-order valence-electron chi connectivity index (χ3n) is 10.1. The van der Waals surface area contributed by atoms with Crippen LogP contribution in [0.15, 0.2) is 42.7 Å². The molecule has 5 aromatic heterocycles. The van der Waals surface area contributed by atoms with Gasteiger partial charge in [-0.05, 0) is 76.1 Å². The van der Waals surface area contributed by atoms with Crippen LogP contribution in [0.25, 0.3) is 28.1 Å². The zero-order chi connectivity index (χ0) is 31.9. The van der Waals surface area contributed by atoms with E-state index in [9.17, 15) is 9.59 Å². The Bertz CT molecular complexity index is 2020. The monoisotopic (exact) mass is 621 g/mol. The van der Waals surface area contributed by atoms with Crippen LogP contribution in [0.1, 0.15) is 77.2 Å². The maximum atomic E-state index is 13.8. The third kappa shape index (κ3) is 4.65. The zero-order valence-corrected chi connectivity index (χ0v) is 26.6. The minimum Gasteiger partial charge on any atom is -0.482 e. The quantitative estimate of drug-likeness (QED) is 0.267. The van der Waals surface area contributed by atoms with Crippen LogP contribution >= 0.6 is 0 Å². The van der Waals surface area contributed by atoms with Crippen LogP contribution in [0.4, 0.5) is 0 Å². The molecule has 7 heterocycles. The molecule has 3 N–H and O–H groups in total. The molecule has 5 aromatic rings. The molecule has 0 radical (unpaired) electrons. The van der Waals surface area contributed by atoms with Gasteiger partial charge in [-0.15, -0.1) is 0 Å². The van der Waals surface area contributed by atoms with E-state index in [4.69, 9.17) is 20.4 Å². The highest BCUT2D eigenvalue weighted by molar-refractivity contribution is 5.97. The summed E-state index contributed by atoms with van der Waals surface area (Å²) in [6, 6.07) is 9.91. The lowest BCUT2D eigenvalue weighted by Gasteiger charge is -2.23. The maximum absolute atomic E-state index is 13.8. The number of carbonyl (C=O) groups excluding carboxylic acids is 2. The molecule has 1 aliphatic carbocycles. The first-order chi connectivity index (χ1) is 22.2. The molecule has 0 aromatic carbocycles. The van der Waals surface area contributed by atoms with Gasteiger partial charge in [-0.2, -0.15) is 5.10 Å². The Kier molecular flexibility index (Phi) is 6.68. The largest absolute Gasteiger partial charge is 0.482 e. The number of carbonyl (C=O) groups is 2. The SMILES string of the molecule is COc1cc(C(=O)N2[C@H]3CC[C@@H]2[C@H](N)C3)cc2nc(-c3cc4ccc([C@@H](C)NC(=O)c5cnn(C)c5)nc4n3CC3CC3)c(C)n12. The Hall–Kier alpha value is -4.71. The highest BCUT2D eigenvalue weighted by Crippen LogP contribution is 2.40. The van der Waals surface area contributed by atoms with Gasteiger partial charge in [-0.1, -0.05) is 0 Å². The number of ether oxygens (including phenoxy) is 1. The molecule has 12 heteroatoms. The molecule has 0 unspecified atom stereocenters. The van der Waals surface area contributed by atoms with E-state index >= 15 is 0 Å². The summed E-state index contributed by atoms with van der Waals surface area (Å²) < 4.78 is 11.7. The number of hydrogen-bond acceptors (Lipinski definition) is 7. The van der Waals surface area contributed by atoms with Crippen molar-refractivity contribution < 1.29 is 14.3 Å². The van der Waals surface area contributed by atoms with Gasteiger partial charge in [-0.3, -0.25) is 18.7 Å². The molecule has 2 aliphatic heterocycles. The topological polar surface area (TPSA) is 138 Å². The molecule has 238 valence electrons. The molecular formula is C34H39N9O3. The number of imidazole rings is 1. The van der Waals surface area contributed by atoms with Gasteiger partial charge in [0.25, 0.3) is 11.8 Å². The van der Waals surface area contributed by atoms with Gasteiger partial charge in [0.15, 0.2) is 5.88 Å². The number of aryl methyl sites for hydroxylation is 2. The van der Waals surface area contributed by atoms with Crippen molar-refractivity contribution in [2.75, 3.05) is 7.11 Å². The molecule has 46 heavy (non-hydrogen) atoms. The number of aromatic nitrogens is 6. The number of hydrogen-bond donors (Lipinski definition) is 2. The van der Waals surface area contributed by atoms with Crippen LogP contribution in [0, 0.1) is 12.8 Å². The van der Waals surface area contributed by atoms with E-state index in [2.05, 4.69) is 27.1 Å². The van der Waals surface area contributed by atoms with Crippen molar-refractivity contribution in [1.82, 2.24) is 38.9 Å². The second-order valence-corrected chi connectivity index (χ2v) is 13.3. The first-order valence-electron chi connectivity index (χ1n) is 16.2. The van der Waals surface area contributed by atoms with Gasteiger partial charge in [0.05, 0.1) is 42.0 Å². The van der Waals surface area contributed by atoms with Crippen LogP contribution in [0.5, 0.6) is 5.88 Å². The van der Waals surface area contributed by atoms with Crippen molar-refractivity contribution in [2.24, 2.45) is 18.7 Å². The third-order valence-corrected chi connectivity index (χ3v) is 10.1. The lowest BCUT2D eigenvalue weighted by atomic mass is 9.97. The molecular weight excluding hydrogens is 582 g/mol. The number of amides is 2. The molecule has 2 bridgehead atoms. The van der Waals surface area contributed by atoms with Crippen molar-refractivity contribution in [2.45, 2.75) is 76.7 Å². The lowest BCUT2D eigenvalue weighted by molar-refractivity contribution is 0.0725. The number of pyridine rings is 2. The van der Waals surface area contributed by atoms with Gasteiger partial charge in [0.1, 0.15) is 17.0 Å². The van der Waals surface area contributed by atoms with Crippen molar-refractivity contribution in [1.29, 1.82) is 0 Å². The Balaban J connectivity index is 1.17. The minimum absolute atomic E-state index is 0.00670. The van der Waals surface area contributed by atoms with Crippen LogP contribution in [0.3, 0.4) is 0 Å². The summed E-state index contributed by atoms with van der Waals surface area (Å²) in [4.78, 5) is 38.8. The summed E-state index contributed by atoms with van der Waals surface area (Å²) in [5.41, 5.74) is 12.4. The van der Waals surface area contributed by atoms with Gasteiger partial charge in [0.2, 0.25) is 0 Å². The first kappa shape index (κ1) is 28.7. The van der Waals surface area contributed by atoms with E-state index in [1.54, 1.807) is 31.2 Å². The number of methoxy groups -OCH3 is 1. The predicted octanol–water partition coefficient (Wildman–Crippen LogP) is 4.01. The summed E-state index contributed by atoms with van der Waals surface area (Å²) >= 11 is 0. The molecule has 12 nitrogen and oxygen atoms in total. The van der Waals surface area contributed by atoms with E-state index in [0.29, 0.717) is 28.6 Å². The normalized spacial score (nSPS) is 21.4. The number of nitrogens with zero attached hydrogens (tertiary/aromatic N) is 7. The van der Waals surface area contributed by atoms with Crippen molar-refractivity contribution in [3.8, 4) is 17.3 Å². The average molecular weight is 622 g/mol. The Morgan fingerprint density at radius 3 is 2.61 bits per heavy atom. The molecule has 0 spiro atoms. The molecule has 8 rings (SSSR count). The van der Waals surface area contributed by atoms with Crippen molar-refractivity contribution in [3.63, 3.8) is 0 Å². The van der Waals surface area contributed by atoms with Crippen molar-refractivity contribution >= 4 is 28.5 Å². The minimum atomic E-state index is -0.303. The van der Waals surface area contributed by atoms with Gasteiger partial charge in [0, 0.05) is 54.9 Å². The molecule has 3 fully saturated rings. The van der Waals surface area contributed by atoms with Crippen molar-refractivity contribution in [3.05, 3.63) is 65.2 Å². The number of nitrogens with two attached hydrogens (primary N) is 1. The van der Waals surface area contributed by atoms with Gasteiger partial charge < -0.3 is 25.3 Å². The molecule has 2 amide bonds. The summed E-state index contributed by atoms with van der Waals surface area (Å²) in [5, 5.41) is 8.17.